The highest BCUT2D eigenvalue weighted by Crippen LogP contribution is 2.45. The third kappa shape index (κ3) is 3.08. The van der Waals surface area contributed by atoms with Gasteiger partial charge in [-0.3, -0.25) is 14.9 Å². The number of rotatable bonds is 1. The van der Waals surface area contributed by atoms with Gasteiger partial charge in [-0.25, -0.2) is 4.79 Å². The lowest BCUT2D eigenvalue weighted by molar-refractivity contribution is -0.0283. The van der Waals surface area contributed by atoms with Crippen molar-refractivity contribution in [2.75, 3.05) is 33.2 Å². The number of nitrogens with zero attached hydrogens (tertiary/aromatic N) is 4. The van der Waals surface area contributed by atoms with Gasteiger partial charge in [0.15, 0.2) is 0 Å². The van der Waals surface area contributed by atoms with E-state index in [2.05, 4.69) is 10.2 Å². The van der Waals surface area contributed by atoms with Crippen molar-refractivity contribution in [1.82, 2.24) is 24.3 Å². The Morgan fingerprint density at radius 3 is 1.93 bits per heavy atom. The third-order valence-electron chi connectivity index (χ3n) is 8.77. The van der Waals surface area contributed by atoms with Crippen LogP contribution in [-0.2, 0) is 17.8 Å². The molecule has 3 aliphatic heterocycles. The fourth-order valence-corrected chi connectivity index (χ4v) is 6.83. The van der Waals surface area contributed by atoms with Gasteiger partial charge in [-0.2, -0.15) is 0 Å². The fraction of sp³-hybridized carbons (Fsp3) is 0.300. The van der Waals surface area contributed by atoms with Crippen LogP contribution in [0.2, 0.25) is 0 Å². The first-order valence-electron chi connectivity index (χ1n) is 13.6. The first-order chi connectivity index (χ1) is 19.4. The second-order valence-corrected chi connectivity index (χ2v) is 11.0. The highest BCUT2D eigenvalue weighted by atomic mass is 16.6. The van der Waals surface area contributed by atoms with Crippen molar-refractivity contribution < 1.29 is 24.2 Å². The van der Waals surface area contributed by atoms with Crippen molar-refractivity contribution in [3.05, 3.63) is 59.7 Å². The highest BCUT2D eigenvalue weighted by Gasteiger charge is 2.39. The van der Waals surface area contributed by atoms with E-state index < -0.39 is 30.1 Å². The predicted molar refractivity (Wildman–Crippen MR) is 150 cm³/mol. The number of ether oxygens (including phenoxy) is 1. The summed E-state index contributed by atoms with van der Waals surface area (Å²) in [6.45, 7) is 3.02. The van der Waals surface area contributed by atoms with E-state index >= 15 is 0 Å². The number of carbonyl (C=O) groups excluding carboxylic acids is 3. The topological polar surface area (TPSA) is 109 Å². The van der Waals surface area contributed by atoms with Crippen LogP contribution >= 0.6 is 0 Å². The van der Waals surface area contributed by atoms with Crippen molar-refractivity contribution in [1.29, 1.82) is 0 Å². The first-order valence-corrected chi connectivity index (χ1v) is 13.6. The molecule has 5 aromatic rings. The number of fused-ring (bicyclic) bond motifs is 9. The van der Waals surface area contributed by atoms with E-state index in [0.717, 1.165) is 45.9 Å². The highest BCUT2D eigenvalue weighted by molar-refractivity contribution is 6.39. The van der Waals surface area contributed by atoms with Crippen molar-refractivity contribution in [2.45, 2.75) is 25.3 Å². The minimum atomic E-state index is -1.01. The second-order valence-electron chi connectivity index (χ2n) is 11.0. The van der Waals surface area contributed by atoms with Crippen molar-refractivity contribution in [3.63, 3.8) is 0 Å². The molecule has 2 unspecified atom stereocenters. The summed E-state index contributed by atoms with van der Waals surface area (Å²) in [5.74, 6) is -0.829. The lowest BCUT2D eigenvalue weighted by Crippen LogP contribution is -2.49. The van der Waals surface area contributed by atoms with E-state index in [1.807, 2.05) is 64.7 Å². The molecule has 0 radical (unpaired) electrons. The lowest BCUT2D eigenvalue weighted by Gasteiger charge is -2.34. The molecule has 3 aromatic carbocycles. The van der Waals surface area contributed by atoms with Gasteiger partial charge in [0.25, 0.3) is 11.8 Å². The molecule has 10 nitrogen and oxygen atoms in total. The van der Waals surface area contributed by atoms with E-state index in [1.54, 1.807) is 4.90 Å². The number of aliphatic hydroxyl groups is 1. The van der Waals surface area contributed by atoms with Crippen LogP contribution < -0.4 is 5.32 Å². The molecule has 3 aliphatic rings. The summed E-state index contributed by atoms with van der Waals surface area (Å²) in [4.78, 5) is 43.7. The Morgan fingerprint density at radius 2 is 1.35 bits per heavy atom. The van der Waals surface area contributed by atoms with Gasteiger partial charge in [0.2, 0.25) is 0 Å². The van der Waals surface area contributed by atoms with E-state index in [1.165, 1.54) is 0 Å². The normalized spacial score (nSPS) is 21.4. The summed E-state index contributed by atoms with van der Waals surface area (Å²) in [6.07, 6.45) is -2.28. The average molecular weight is 538 g/mol. The minimum Gasteiger partial charge on any atom is -0.441 e. The van der Waals surface area contributed by atoms with E-state index in [9.17, 15) is 19.5 Å². The molecule has 2 aromatic heterocycles. The second kappa shape index (κ2) is 8.30. The largest absolute Gasteiger partial charge is 0.441 e. The number of nitrogens with one attached hydrogen (secondary N) is 1. The molecule has 2 atom stereocenters. The van der Waals surface area contributed by atoms with Gasteiger partial charge in [-0.15, -0.1) is 0 Å². The van der Waals surface area contributed by atoms with Crippen LogP contribution in [-0.4, -0.2) is 87.4 Å². The van der Waals surface area contributed by atoms with Crippen LogP contribution in [0.25, 0.3) is 43.6 Å². The number of benzene rings is 3. The molecule has 0 aliphatic carbocycles. The third-order valence-corrected chi connectivity index (χ3v) is 8.77. The van der Waals surface area contributed by atoms with Crippen LogP contribution in [0, 0.1) is 0 Å². The molecule has 2 N–H and O–H groups in total. The van der Waals surface area contributed by atoms with E-state index in [-0.39, 0.29) is 13.1 Å². The average Bonchev–Trinajstić information content (AvgIpc) is 3.55. The van der Waals surface area contributed by atoms with Crippen molar-refractivity contribution in [3.8, 4) is 0 Å². The van der Waals surface area contributed by atoms with Crippen LogP contribution in [0.15, 0.2) is 48.5 Å². The number of carbonyl (C=O) groups is 3. The molecule has 202 valence electrons. The molecule has 1 fully saturated rings. The number of piperazine rings is 1. The minimum absolute atomic E-state index is 0.162. The smallest absolute Gasteiger partial charge is 0.410 e. The summed E-state index contributed by atoms with van der Waals surface area (Å²) in [7, 11) is 2.02. The first kappa shape index (κ1) is 23.5. The molecular formula is C30H27N5O5. The number of hydrogen-bond donors (Lipinski definition) is 2. The zero-order chi connectivity index (χ0) is 27.3. The predicted octanol–water partition coefficient (Wildman–Crippen LogP) is 2.91. The monoisotopic (exact) mass is 537 g/mol. The van der Waals surface area contributed by atoms with Crippen molar-refractivity contribution in [2.24, 2.45) is 0 Å². The van der Waals surface area contributed by atoms with Crippen LogP contribution in [0.5, 0.6) is 0 Å². The zero-order valence-corrected chi connectivity index (χ0v) is 21.9. The summed E-state index contributed by atoms with van der Waals surface area (Å²) < 4.78 is 10.1. The Hall–Kier alpha value is -4.41. The summed E-state index contributed by atoms with van der Waals surface area (Å²) in [5, 5.41) is 17.2. The summed E-state index contributed by atoms with van der Waals surface area (Å²) in [6, 6.07) is 15.5. The molecule has 0 bridgehead atoms. The Kier molecular flexibility index (Phi) is 4.87. The number of amides is 3. The van der Waals surface area contributed by atoms with Gasteiger partial charge in [0.1, 0.15) is 12.2 Å². The van der Waals surface area contributed by atoms with E-state index in [4.69, 9.17) is 4.74 Å². The van der Waals surface area contributed by atoms with Gasteiger partial charge >= 0.3 is 6.09 Å². The van der Waals surface area contributed by atoms with Crippen LogP contribution in [0.4, 0.5) is 4.79 Å². The maximum Gasteiger partial charge on any atom is 0.410 e. The molecule has 10 heteroatoms. The maximum atomic E-state index is 13.3. The van der Waals surface area contributed by atoms with Gasteiger partial charge < -0.3 is 28.8 Å². The fourth-order valence-electron chi connectivity index (χ4n) is 6.83. The van der Waals surface area contributed by atoms with Crippen molar-refractivity contribution >= 4 is 61.5 Å². The van der Waals surface area contributed by atoms with Gasteiger partial charge in [0.05, 0.1) is 35.2 Å². The molecule has 1 saturated heterocycles. The number of hydrogen-bond acceptors (Lipinski definition) is 6. The molecule has 5 heterocycles. The number of imide groups is 1. The zero-order valence-electron chi connectivity index (χ0n) is 21.9. The summed E-state index contributed by atoms with van der Waals surface area (Å²) >= 11 is 0. The number of para-hydroxylation sites is 2. The van der Waals surface area contributed by atoms with Gasteiger partial charge in [-0.05, 0) is 19.2 Å². The Bertz CT molecular complexity index is 1930. The van der Waals surface area contributed by atoms with Gasteiger partial charge in [0, 0.05) is 58.8 Å². The molecule has 0 saturated carbocycles. The molecular weight excluding hydrogens is 510 g/mol. The maximum absolute atomic E-state index is 13.3. The molecule has 8 rings (SSSR count). The van der Waals surface area contributed by atoms with Crippen LogP contribution in [0.3, 0.4) is 0 Å². The Labute approximate surface area is 228 Å². The Morgan fingerprint density at radius 1 is 0.825 bits per heavy atom. The Balaban J connectivity index is 1.42. The molecule has 3 amide bonds. The van der Waals surface area contributed by atoms with E-state index in [0.29, 0.717) is 35.0 Å². The molecule has 0 spiro atoms. The van der Waals surface area contributed by atoms with Crippen LogP contribution in [0.1, 0.15) is 20.7 Å². The quantitative estimate of drug-likeness (QED) is 0.319. The number of likely N-dealkylation sites (N-methyl/N-ethyl adjacent to an activating group) is 1. The number of aliphatic hydroxyl groups excluding tert-OH is 1. The molecule has 40 heavy (non-hydrogen) atoms. The lowest BCUT2D eigenvalue weighted by atomic mass is 9.96. The summed E-state index contributed by atoms with van der Waals surface area (Å²) in [5.41, 5.74) is 4.01. The number of aromatic nitrogens is 2. The SMILES string of the molecule is CN1CCN(C(=O)OC2Cn3c4ccccc4c4c5c(c6c7ccccc7n(c6c43)CC2O)C(=O)NC5=O)CC1. The van der Waals surface area contributed by atoms with Gasteiger partial charge in [-0.1, -0.05) is 36.4 Å². The standard InChI is InChI=1S/C30H27N5O5/c1-32-10-12-33(13-11-32)30(39)40-21-15-35-19-9-5-3-7-17(19)23-25-24(28(37)31-29(25)38)22-16-6-2-4-8-18(16)34(14-20(21)36)26(22)27(23)35/h2-9,20-21,36H,10-15H2,1H3,(H,31,37,38).